The lowest BCUT2D eigenvalue weighted by Gasteiger charge is -1.82. The molecule has 0 aromatic heterocycles. The molecule has 0 aliphatic heterocycles. The molecule has 7 heavy (non-hydrogen) atoms. The van der Waals surface area contributed by atoms with Crippen molar-refractivity contribution in [2.24, 2.45) is 0 Å². The summed E-state index contributed by atoms with van der Waals surface area (Å²) in [7, 11) is 0. The van der Waals surface area contributed by atoms with Crippen LogP contribution in [0.2, 0.25) is 0 Å². The molecule has 1 fully saturated rings. The Kier molecular flexibility index (Phi) is 0.964. The van der Waals surface area contributed by atoms with Gasteiger partial charge in [0.15, 0.2) is 0 Å². The molecular formula is C4H5FNO. The first-order valence-electron chi connectivity index (χ1n) is 2.11. The van der Waals surface area contributed by atoms with E-state index in [9.17, 15) is 9.18 Å². The van der Waals surface area contributed by atoms with Crippen molar-refractivity contribution in [2.75, 3.05) is 0 Å². The Balaban J connectivity index is 2.08. The van der Waals surface area contributed by atoms with Crippen LogP contribution in [0.25, 0.3) is 0 Å². The molecular weight excluding hydrogens is 97.0 g/mol. The molecule has 1 radical (unpaired) electrons. The molecule has 2 nitrogen and oxygen atoms in total. The van der Waals surface area contributed by atoms with Crippen molar-refractivity contribution >= 4 is 6.41 Å². The summed E-state index contributed by atoms with van der Waals surface area (Å²) in [6, 6.07) is -0.225. The number of alkyl halides is 1. The number of carbonyl (C=O) groups excluding carboxylic acids is 1. The highest BCUT2D eigenvalue weighted by molar-refractivity contribution is 5.48. The van der Waals surface area contributed by atoms with Gasteiger partial charge in [0.05, 0.1) is 6.04 Å². The van der Waals surface area contributed by atoms with Crippen LogP contribution >= 0.6 is 0 Å². The lowest BCUT2D eigenvalue weighted by atomic mass is 10.7. The van der Waals surface area contributed by atoms with Gasteiger partial charge in [-0.2, -0.15) is 0 Å². The fourth-order valence-electron chi connectivity index (χ4n) is 0.389. The van der Waals surface area contributed by atoms with Gasteiger partial charge in [-0.05, 0) is 0 Å². The normalized spacial score (nSPS) is 37.3. The third-order valence-corrected chi connectivity index (χ3v) is 0.957. The SMILES string of the molecule is O=[C]N[C@@H]1C[C@@H]1F. The number of halogens is 1. The highest BCUT2D eigenvalue weighted by Gasteiger charge is 2.36. The Morgan fingerprint density at radius 2 is 2.43 bits per heavy atom. The second-order valence-corrected chi connectivity index (χ2v) is 1.60. The summed E-state index contributed by atoms with van der Waals surface area (Å²) in [6.07, 6.45) is 1.08. The summed E-state index contributed by atoms with van der Waals surface area (Å²) in [4.78, 5) is 9.40. The van der Waals surface area contributed by atoms with E-state index in [0.29, 0.717) is 6.42 Å². The largest absolute Gasteiger partial charge is 0.342 e. The average Bonchev–Trinajstić information content (AvgIpc) is 2.22. The van der Waals surface area contributed by atoms with Gasteiger partial charge in [-0.1, -0.05) is 0 Å². The van der Waals surface area contributed by atoms with E-state index in [-0.39, 0.29) is 6.04 Å². The molecule has 1 aliphatic carbocycles. The molecule has 0 spiro atoms. The van der Waals surface area contributed by atoms with E-state index in [1.54, 1.807) is 0 Å². The highest BCUT2D eigenvalue weighted by atomic mass is 19.1. The van der Waals surface area contributed by atoms with Gasteiger partial charge in [-0.3, -0.25) is 4.79 Å². The zero-order chi connectivity index (χ0) is 5.28. The monoisotopic (exact) mass is 102 g/mol. The van der Waals surface area contributed by atoms with E-state index in [4.69, 9.17) is 0 Å². The van der Waals surface area contributed by atoms with Crippen molar-refractivity contribution in [3.05, 3.63) is 0 Å². The molecule has 0 aromatic rings. The van der Waals surface area contributed by atoms with Gasteiger partial charge < -0.3 is 5.32 Å². The lowest BCUT2D eigenvalue weighted by Crippen LogP contribution is -2.15. The summed E-state index contributed by atoms with van der Waals surface area (Å²) in [5.41, 5.74) is 0. The van der Waals surface area contributed by atoms with E-state index in [0.717, 1.165) is 0 Å². The van der Waals surface area contributed by atoms with Crippen LogP contribution in [0.5, 0.6) is 0 Å². The van der Waals surface area contributed by atoms with Gasteiger partial charge in [0.2, 0.25) is 0 Å². The number of amides is 1. The van der Waals surface area contributed by atoms with E-state index < -0.39 is 6.17 Å². The van der Waals surface area contributed by atoms with Crippen LogP contribution in [0, 0.1) is 0 Å². The molecule has 0 saturated heterocycles. The molecule has 1 rings (SSSR count). The Hall–Kier alpha value is -0.600. The molecule has 0 unspecified atom stereocenters. The third-order valence-electron chi connectivity index (χ3n) is 0.957. The van der Waals surface area contributed by atoms with E-state index in [1.807, 2.05) is 0 Å². The van der Waals surface area contributed by atoms with Crippen molar-refractivity contribution in [3.63, 3.8) is 0 Å². The van der Waals surface area contributed by atoms with Crippen molar-refractivity contribution in [3.8, 4) is 0 Å². The summed E-state index contributed by atoms with van der Waals surface area (Å²) >= 11 is 0. The van der Waals surface area contributed by atoms with Crippen molar-refractivity contribution in [1.29, 1.82) is 0 Å². The minimum atomic E-state index is -0.804. The summed E-state index contributed by atoms with van der Waals surface area (Å²) in [6.45, 7) is 0. The second-order valence-electron chi connectivity index (χ2n) is 1.60. The summed E-state index contributed by atoms with van der Waals surface area (Å²) < 4.78 is 11.7. The molecule has 0 aromatic carbocycles. The second kappa shape index (κ2) is 1.48. The molecule has 1 aliphatic rings. The minimum Gasteiger partial charge on any atom is -0.342 e. The topological polar surface area (TPSA) is 29.1 Å². The first-order valence-corrected chi connectivity index (χ1v) is 2.11. The molecule has 2 atom stereocenters. The van der Waals surface area contributed by atoms with Crippen LogP contribution in [0.1, 0.15) is 6.42 Å². The van der Waals surface area contributed by atoms with Gasteiger partial charge in [0, 0.05) is 6.42 Å². The van der Waals surface area contributed by atoms with E-state index in [2.05, 4.69) is 5.32 Å². The molecule has 1 amide bonds. The molecule has 39 valence electrons. The zero-order valence-electron chi connectivity index (χ0n) is 3.65. The summed E-state index contributed by atoms with van der Waals surface area (Å²) in [5, 5.41) is 2.19. The first kappa shape index (κ1) is 4.56. The molecule has 1 N–H and O–H groups in total. The number of rotatable bonds is 2. The van der Waals surface area contributed by atoms with Crippen LogP contribution in [0.3, 0.4) is 0 Å². The van der Waals surface area contributed by atoms with Crippen LogP contribution in [0.4, 0.5) is 4.39 Å². The highest BCUT2D eigenvalue weighted by Crippen LogP contribution is 2.23. The fraction of sp³-hybridized carbons (Fsp3) is 0.750. The maximum absolute atomic E-state index is 11.7. The molecule has 0 heterocycles. The van der Waals surface area contributed by atoms with E-state index >= 15 is 0 Å². The third kappa shape index (κ3) is 0.885. The number of hydrogen-bond donors (Lipinski definition) is 1. The molecule has 3 heteroatoms. The van der Waals surface area contributed by atoms with Crippen molar-refractivity contribution in [1.82, 2.24) is 5.32 Å². The fourth-order valence-corrected chi connectivity index (χ4v) is 0.389. The van der Waals surface area contributed by atoms with Crippen molar-refractivity contribution < 1.29 is 9.18 Å². The molecule has 0 bridgehead atoms. The van der Waals surface area contributed by atoms with E-state index in [1.165, 1.54) is 6.41 Å². The van der Waals surface area contributed by atoms with Crippen LogP contribution in [-0.4, -0.2) is 18.6 Å². The van der Waals surface area contributed by atoms with Gasteiger partial charge >= 0.3 is 6.41 Å². The standard InChI is InChI=1S/C4H5FNO/c5-3-1-4(3)6-2-7/h3-4H,1H2,(H,6,7)/t3-,4+/m0/s1. The Morgan fingerprint density at radius 1 is 1.86 bits per heavy atom. The van der Waals surface area contributed by atoms with Gasteiger partial charge in [0.25, 0.3) is 0 Å². The minimum absolute atomic E-state index is 0.225. The van der Waals surface area contributed by atoms with Crippen molar-refractivity contribution in [2.45, 2.75) is 18.6 Å². The van der Waals surface area contributed by atoms with Gasteiger partial charge in [0.1, 0.15) is 6.17 Å². The Bertz CT molecular complexity index is 85.8. The van der Waals surface area contributed by atoms with Crippen LogP contribution in [0.15, 0.2) is 0 Å². The smallest absolute Gasteiger partial charge is 0.309 e. The number of nitrogens with one attached hydrogen (secondary N) is 1. The Labute approximate surface area is 40.7 Å². The van der Waals surface area contributed by atoms with Gasteiger partial charge in [-0.25, -0.2) is 4.39 Å². The molecule has 1 saturated carbocycles. The average molecular weight is 102 g/mol. The van der Waals surface area contributed by atoms with Gasteiger partial charge in [-0.15, -0.1) is 0 Å². The Morgan fingerprint density at radius 3 is 2.57 bits per heavy atom. The number of hydrogen-bond acceptors (Lipinski definition) is 1. The van der Waals surface area contributed by atoms with Crippen LogP contribution in [-0.2, 0) is 4.79 Å². The summed E-state index contributed by atoms with van der Waals surface area (Å²) in [5.74, 6) is 0. The zero-order valence-corrected chi connectivity index (χ0v) is 3.65. The predicted molar refractivity (Wildman–Crippen MR) is 22.1 cm³/mol. The lowest BCUT2D eigenvalue weighted by molar-refractivity contribution is 0.455. The predicted octanol–water partition coefficient (Wildman–Crippen LogP) is -0.246. The van der Waals surface area contributed by atoms with Crippen LogP contribution < -0.4 is 5.32 Å². The first-order chi connectivity index (χ1) is 3.34. The maximum Gasteiger partial charge on any atom is 0.309 e. The quantitative estimate of drug-likeness (QED) is 0.479. The maximum atomic E-state index is 11.7.